The van der Waals surface area contributed by atoms with Crippen molar-refractivity contribution in [3.8, 4) is 17.0 Å². The number of fused-ring (bicyclic) bond motifs is 1. The molecule has 0 spiro atoms. The van der Waals surface area contributed by atoms with Crippen molar-refractivity contribution in [1.29, 1.82) is 0 Å². The van der Waals surface area contributed by atoms with Crippen molar-refractivity contribution in [3.63, 3.8) is 0 Å². The molecular formula is C25H18Cl2FN3O2. The number of nitrogens with one attached hydrogen (secondary N) is 1. The molecule has 1 aliphatic heterocycles. The normalized spacial score (nSPS) is 15.2. The van der Waals surface area contributed by atoms with Gasteiger partial charge in [-0.15, -0.1) is 0 Å². The first kappa shape index (κ1) is 21.5. The molecule has 1 atom stereocenters. The highest BCUT2D eigenvalue weighted by Gasteiger charge is 2.42. The lowest BCUT2D eigenvalue weighted by Crippen LogP contribution is -2.29. The van der Waals surface area contributed by atoms with Crippen molar-refractivity contribution in [1.82, 2.24) is 15.1 Å². The summed E-state index contributed by atoms with van der Waals surface area (Å²) in [5.41, 5.74) is 4.19. The third-order valence-electron chi connectivity index (χ3n) is 5.85. The van der Waals surface area contributed by atoms with E-state index in [1.54, 1.807) is 48.2 Å². The van der Waals surface area contributed by atoms with Gasteiger partial charge in [0.05, 0.1) is 6.04 Å². The standard InChI is InChI=1S/C25H18Cl2FN3O2/c1-13-10-20(32)18(11-19(13)27)22-21-23(30-29-22)25(33)31(12-14-2-8-17(28)9-3-14)24(21)15-4-6-16(26)7-5-15/h2-11,24,32H,12H2,1H3,(H,29,30). The van der Waals surface area contributed by atoms with Crippen LogP contribution in [0.15, 0.2) is 60.7 Å². The number of H-pyrrole nitrogens is 1. The molecule has 8 heteroatoms. The number of amides is 1. The van der Waals surface area contributed by atoms with E-state index in [1.165, 1.54) is 12.1 Å². The van der Waals surface area contributed by atoms with E-state index in [0.29, 0.717) is 32.6 Å². The minimum atomic E-state index is -0.497. The number of carbonyl (C=O) groups is 1. The molecule has 5 rings (SSSR count). The van der Waals surface area contributed by atoms with Gasteiger partial charge >= 0.3 is 0 Å². The number of aryl methyl sites for hydroxylation is 1. The number of phenols is 1. The number of carbonyl (C=O) groups excluding carboxylic acids is 1. The Labute approximate surface area is 199 Å². The van der Waals surface area contributed by atoms with Gasteiger partial charge in [0, 0.05) is 27.7 Å². The maximum Gasteiger partial charge on any atom is 0.273 e. The molecule has 0 saturated carbocycles. The van der Waals surface area contributed by atoms with E-state index in [4.69, 9.17) is 23.2 Å². The van der Waals surface area contributed by atoms with Crippen LogP contribution in [-0.4, -0.2) is 26.1 Å². The highest BCUT2D eigenvalue weighted by Crippen LogP contribution is 2.46. The third kappa shape index (κ3) is 3.75. The number of phenolic OH excluding ortho intramolecular Hbond substituents is 1. The van der Waals surface area contributed by atoms with Crippen LogP contribution in [0.2, 0.25) is 10.0 Å². The topological polar surface area (TPSA) is 69.2 Å². The van der Waals surface area contributed by atoms with Crippen LogP contribution in [0.4, 0.5) is 4.39 Å². The van der Waals surface area contributed by atoms with Crippen LogP contribution >= 0.6 is 23.2 Å². The van der Waals surface area contributed by atoms with Crippen LogP contribution in [0.5, 0.6) is 5.75 Å². The van der Waals surface area contributed by atoms with Crippen molar-refractivity contribution in [2.24, 2.45) is 0 Å². The molecule has 1 aromatic heterocycles. The lowest BCUT2D eigenvalue weighted by molar-refractivity contribution is 0.0730. The second-order valence-corrected chi connectivity index (χ2v) is 8.84. The predicted octanol–water partition coefficient (Wildman–Crippen LogP) is 6.28. The van der Waals surface area contributed by atoms with Gasteiger partial charge in [0.1, 0.15) is 23.0 Å². The van der Waals surface area contributed by atoms with Gasteiger partial charge in [-0.3, -0.25) is 9.89 Å². The Balaban J connectivity index is 1.66. The van der Waals surface area contributed by atoms with Crippen LogP contribution in [-0.2, 0) is 6.54 Å². The van der Waals surface area contributed by atoms with Crippen LogP contribution in [0.25, 0.3) is 11.3 Å². The molecule has 1 amide bonds. The molecule has 2 N–H and O–H groups in total. The quantitative estimate of drug-likeness (QED) is 0.360. The number of aromatic amines is 1. The summed E-state index contributed by atoms with van der Waals surface area (Å²) in [7, 11) is 0. The summed E-state index contributed by atoms with van der Waals surface area (Å²) in [6.45, 7) is 2.06. The SMILES string of the molecule is Cc1cc(O)c(-c2n[nH]c3c2C(c2ccc(Cl)cc2)N(Cc2ccc(F)cc2)C3=O)cc1Cl. The van der Waals surface area contributed by atoms with E-state index < -0.39 is 6.04 Å². The largest absolute Gasteiger partial charge is 0.507 e. The average molecular weight is 482 g/mol. The fourth-order valence-electron chi connectivity index (χ4n) is 4.20. The molecule has 0 fully saturated rings. The fraction of sp³-hybridized carbons (Fsp3) is 0.120. The Hall–Kier alpha value is -3.35. The number of benzene rings is 3. The number of nitrogens with zero attached hydrogens (tertiary/aromatic N) is 2. The summed E-state index contributed by atoms with van der Waals surface area (Å²) >= 11 is 12.4. The Morgan fingerprint density at radius 1 is 1.09 bits per heavy atom. The van der Waals surface area contributed by atoms with Crippen LogP contribution in [0, 0.1) is 12.7 Å². The van der Waals surface area contributed by atoms with E-state index in [2.05, 4.69) is 10.2 Å². The number of aromatic hydroxyl groups is 1. The lowest BCUT2D eigenvalue weighted by Gasteiger charge is -2.26. The highest BCUT2D eigenvalue weighted by molar-refractivity contribution is 6.31. The number of hydrogen-bond donors (Lipinski definition) is 2. The molecular weight excluding hydrogens is 464 g/mol. The molecule has 0 radical (unpaired) electrons. The molecule has 2 heterocycles. The summed E-state index contributed by atoms with van der Waals surface area (Å²) < 4.78 is 13.4. The maximum absolute atomic E-state index is 13.4. The molecule has 1 aliphatic rings. The van der Waals surface area contributed by atoms with Gasteiger partial charge in [-0.25, -0.2) is 4.39 Å². The van der Waals surface area contributed by atoms with Crippen molar-refractivity contribution in [2.45, 2.75) is 19.5 Å². The van der Waals surface area contributed by atoms with Gasteiger partial charge < -0.3 is 10.0 Å². The number of hydrogen-bond acceptors (Lipinski definition) is 3. The number of halogens is 3. The third-order valence-corrected chi connectivity index (χ3v) is 6.51. The zero-order chi connectivity index (χ0) is 23.3. The van der Waals surface area contributed by atoms with Crippen molar-refractivity contribution >= 4 is 29.1 Å². The number of aromatic nitrogens is 2. The van der Waals surface area contributed by atoms with Crippen molar-refractivity contribution in [3.05, 3.63) is 104 Å². The van der Waals surface area contributed by atoms with Crippen LogP contribution in [0.3, 0.4) is 0 Å². The van der Waals surface area contributed by atoms with Gasteiger partial charge in [-0.2, -0.15) is 5.10 Å². The Morgan fingerprint density at radius 2 is 1.79 bits per heavy atom. The zero-order valence-electron chi connectivity index (χ0n) is 17.4. The first-order valence-electron chi connectivity index (χ1n) is 10.2. The van der Waals surface area contributed by atoms with Gasteiger partial charge in [0.15, 0.2) is 0 Å². The molecule has 4 aromatic rings. The number of rotatable bonds is 4. The minimum Gasteiger partial charge on any atom is -0.507 e. The fourth-order valence-corrected chi connectivity index (χ4v) is 4.49. The zero-order valence-corrected chi connectivity index (χ0v) is 19.0. The van der Waals surface area contributed by atoms with Crippen LogP contribution in [0.1, 0.15) is 38.8 Å². The molecule has 33 heavy (non-hydrogen) atoms. The average Bonchev–Trinajstić information content (AvgIpc) is 3.32. The van der Waals surface area contributed by atoms with Crippen LogP contribution < -0.4 is 0 Å². The summed E-state index contributed by atoms with van der Waals surface area (Å²) in [5, 5.41) is 18.9. The molecule has 0 saturated heterocycles. The Morgan fingerprint density at radius 3 is 2.48 bits per heavy atom. The maximum atomic E-state index is 13.4. The summed E-state index contributed by atoms with van der Waals surface area (Å²) in [5.74, 6) is -0.569. The molecule has 0 bridgehead atoms. The lowest BCUT2D eigenvalue weighted by atomic mass is 9.95. The monoisotopic (exact) mass is 481 g/mol. The smallest absolute Gasteiger partial charge is 0.273 e. The summed E-state index contributed by atoms with van der Waals surface area (Å²) in [4.78, 5) is 15.1. The molecule has 166 valence electrons. The second kappa shape index (κ2) is 8.21. The highest BCUT2D eigenvalue weighted by atomic mass is 35.5. The summed E-state index contributed by atoms with van der Waals surface area (Å²) in [6, 6.07) is 16.0. The first-order valence-corrected chi connectivity index (χ1v) is 11.0. The van der Waals surface area contributed by atoms with Crippen molar-refractivity contribution < 1.29 is 14.3 Å². The Bertz CT molecular complexity index is 1370. The molecule has 0 aliphatic carbocycles. The Kier molecular flexibility index (Phi) is 5.35. The molecule has 1 unspecified atom stereocenters. The summed E-state index contributed by atoms with van der Waals surface area (Å²) in [6.07, 6.45) is 0. The van der Waals surface area contributed by atoms with Gasteiger partial charge in [-0.05, 0) is 60.0 Å². The molecule has 5 nitrogen and oxygen atoms in total. The van der Waals surface area contributed by atoms with E-state index in [-0.39, 0.29) is 24.0 Å². The first-order chi connectivity index (χ1) is 15.8. The van der Waals surface area contributed by atoms with E-state index in [1.807, 2.05) is 12.1 Å². The van der Waals surface area contributed by atoms with Gasteiger partial charge in [0.2, 0.25) is 0 Å². The van der Waals surface area contributed by atoms with E-state index in [0.717, 1.165) is 16.7 Å². The minimum absolute atomic E-state index is 0.0190. The molecule has 3 aromatic carbocycles. The van der Waals surface area contributed by atoms with E-state index in [9.17, 15) is 14.3 Å². The van der Waals surface area contributed by atoms with E-state index >= 15 is 0 Å². The van der Waals surface area contributed by atoms with Gasteiger partial charge in [0.25, 0.3) is 5.91 Å². The van der Waals surface area contributed by atoms with Crippen molar-refractivity contribution in [2.75, 3.05) is 0 Å². The van der Waals surface area contributed by atoms with Gasteiger partial charge in [-0.1, -0.05) is 47.5 Å². The predicted molar refractivity (Wildman–Crippen MR) is 125 cm³/mol. The second-order valence-electron chi connectivity index (χ2n) is 7.99.